The van der Waals surface area contributed by atoms with E-state index in [-0.39, 0.29) is 5.41 Å². The largest absolute Gasteiger partial charge is 0.309 e. The Balaban J connectivity index is 1.17. The molecule has 3 heterocycles. The number of benzene rings is 9. The molecular formula is C55H36N4. The van der Waals surface area contributed by atoms with Crippen molar-refractivity contribution in [3.63, 3.8) is 0 Å². The lowest BCUT2D eigenvalue weighted by molar-refractivity contribution is 0.661. The van der Waals surface area contributed by atoms with Gasteiger partial charge in [0.25, 0.3) is 0 Å². The van der Waals surface area contributed by atoms with E-state index in [9.17, 15) is 0 Å². The standard InChI is InChI=1S/C55H36N4/c1-55(2)43-22-9-7-18-38(43)39-20-13-21-42(52(39)55)53-54(57-45-24-11-10-23-44(45)56-53)59-48-31-27-34-15-4-6-17-37(34)51(48)41-29-28-35(32-49(41)59)58-46-25-12-8-19-40(46)50-36-16-5-3-14-33(36)26-30-47(50)58/h3-32H,1-2H3. The van der Waals surface area contributed by atoms with Gasteiger partial charge in [0.05, 0.1) is 33.1 Å². The molecule has 59 heavy (non-hydrogen) atoms. The van der Waals surface area contributed by atoms with E-state index in [1.54, 1.807) is 0 Å². The molecule has 0 N–H and O–H groups in total. The zero-order chi connectivity index (χ0) is 39.0. The predicted molar refractivity (Wildman–Crippen MR) is 246 cm³/mol. The SMILES string of the molecule is CC1(C)c2ccccc2-c2cccc(-c3nc4ccccc4nc3-n3c4cc(-n5c6ccccc6c6c7ccccc7ccc65)ccc4c4c5ccccc5ccc43)c21. The molecule has 276 valence electrons. The first kappa shape index (κ1) is 32.5. The fraction of sp³-hybridized carbons (Fsp3) is 0.0545. The fourth-order valence-electron chi connectivity index (χ4n) is 10.5. The van der Waals surface area contributed by atoms with Crippen LogP contribution in [0.15, 0.2) is 182 Å². The van der Waals surface area contributed by atoms with Crippen molar-refractivity contribution in [3.8, 4) is 33.9 Å². The summed E-state index contributed by atoms with van der Waals surface area (Å²) in [6.07, 6.45) is 0. The predicted octanol–water partition coefficient (Wildman–Crippen LogP) is 14.1. The van der Waals surface area contributed by atoms with Crippen LogP contribution in [0.1, 0.15) is 25.0 Å². The van der Waals surface area contributed by atoms with E-state index >= 15 is 0 Å². The molecule has 9 aromatic carbocycles. The summed E-state index contributed by atoms with van der Waals surface area (Å²) in [5.74, 6) is 0.824. The Hall–Kier alpha value is -7.56. The number of aromatic nitrogens is 4. The van der Waals surface area contributed by atoms with Crippen LogP contribution >= 0.6 is 0 Å². The minimum Gasteiger partial charge on any atom is -0.309 e. The number of rotatable bonds is 3. The van der Waals surface area contributed by atoms with Gasteiger partial charge >= 0.3 is 0 Å². The monoisotopic (exact) mass is 752 g/mol. The highest BCUT2D eigenvalue weighted by Crippen LogP contribution is 2.53. The lowest BCUT2D eigenvalue weighted by Gasteiger charge is -2.25. The molecule has 0 amide bonds. The van der Waals surface area contributed by atoms with Crippen LogP contribution in [0, 0.1) is 0 Å². The third kappa shape index (κ3) is 4.38. The molecule has 0 radical (unpaired) electrons. The van der Waals surface area contributed by atoms with Gasteiger partial charge in [-0.25, -0.2) is 9.97 Å². The molecule has 0 aliphatic heterocycles. The summed E-state index contributed by atoms with van der Waals surface area (Å²) in [5, 5.41) is 9.85. The Labute approximate surface area is 340 Å². The number of hydrogen-bond acceptors (Lipinski definition) is 2. The first-order valence-corrected chi connectivity index (χ1v) is 20.4. The quantitative estimate of drug-likeness (QED) is 0.180. The van der Waals surface area contributed by atoms with Crippen LogP contribution in [-0.2, 0) is 5.41 Å². The minimum absolute atomic E-state index is 0.238. The lowest BCUT2D eigenvalue weighted by atomic mass is 9.79. The van der Waals surface area contributed by atoms with Gasteiger partial charge < -0.3 is 4.57 Å². The number of fused-ring (bicyclic) bond motifs is 14. The van der Waals surface area contributed by atoms with Crippen LogP contribution in [-0.4, -0.2) is 19.1 Å². The van der Waals surface area contributed by atoms with E-state index in [4.69, 9.17) is 9.97 Å². The molecule has 0 spiro atoms. The second kappa shape index (κ2) is 11.7. The highest BCUT2D eigenvalue weighted by atomic mass is 15.1. The van der Waals surface area contributed by atoms with Crippen LogP contribution in [0.2, 0.25) is 0 Å². The van der Waals surface area contributed by atoms with Crippen LogP contribution in [0.25, 0.3) is 110 Å². The maximum Gasteiger partial charge on any atom is 0.165 e. The van der Waals surface area contributed by atoms with Crippen molar-refractivity contribution in [1.29, 1.82) is 0 Å². The first-order valence-electron chi connectivity index (χ1n) is 20.4. The summed E-state index contributed by atoms with van der Waals surface area (Å²) in [6.45, 7) is 4.70. The molecular weight excluding hydrogens is 717 g/mol. The van der Waals surface area contributed by atoms with Crippen molar-refractivity contribution < 1.29 is 0 Å². The molecule has 0 saturated heterocycles. The van der Waals surface area contributed by atoms with Crippen LogP contribution in [0.5, 0.6) is 0 Å². The molecule has 1 aliphatic rings. The molecule has 4 nitrogen and oxygen atoms in total. The van der Waals surface area contributed by atoms with Gasteiger partial charge in [0.1, 0.15) is 5.69 Å². The van der Waals surface area contributed by atoms with Crippen molar-refractivity contribution >= 4 is 76.2 Å². The molecule has 13 rings (SSSR count). The van der Waals surface area contributed by atoms with Gasteiger partial charge in [0.2, 0.25) is 0 Å². The Kier molecular flexibility index (Phi) is 6.48. The second-order valence-electron chi connectivity index (χ2n) is 16.5. The molecule has 0 saturated carbocycles. The first-order chi connectivity index (χ1) is 29.0. The number of hydrogen-bond donors (Lipinski definition) is 0. The van der Waals surface area contributed by atoms with Crippen molar-refractivity contribution in [1.82, 2.24) is 19.1 Å². The zero-order valence-corrected chi connectivity index (χ0v) is 32.6. The Morgan fingerprint density at radius 1 is 0.407 bits per heavy atom. The maximum absolute atomic E-state index is 5.62. The highest BCUT2D eigenvalue weighted by Gasteiger charge is 2.38. The molecule has 0 unspecified atom stereocenters. The minimum atomic E-state index is -0.238. The summed E-state index contributed by atoms with van der Waals surface area (Å²) in [5.41, 5.74) is 14.3. The van der Waals surface area contributed by atoms with Crippen molar-refractivity contribution in [2.45, 2.75) is 19.3 Å². The number of para-hydroxylation sites is 3. The summed E-state index contributed by atoms with van der Waals surface area (Å²) in [6, 6.07) is 66.2. The van der Waals surface area contributed by atoms with E-state index in [1.807, 2.05) is 0 Å². The van der Waals surface area contributed by atoms with Gasteiger partial charge in [0, 0.05) is 38.2 Å². The van der Waals surface area contributed by atoms with Crippen molar-refractivity contribution in [2.75, 3.05) is 0 Å². The van der Waals surface area contributed by atoms with E-state index in [0.717, 1.165) is 44.8 Å². The van der Waals surface area contributed by atoms with Crippen LogP contribution < -0.4 is 0 Å². The third-order valence-electron chi connectivity index (χ3n) is 13.1. The average Bonchev–Trinajstić information content (AvgIpc) is 3.89. The summed E-state index contributed by atoms with van der Waals surface area (Å²) >= 11 is 0. The molecule has 4 heteroatoms. The summed E-state index contributed by atoms with van der Waals surface area (Å²) < 4.78 is 4.83. The van der Waals surface area contributed by atoms with E-state index in [1.165, 1.54) is 76.4 Å². The molecule has 0 atom stereocenters. The lowest BCUT2D eigenvalue weighted by Crippen LogP contribution is -2.17. The van der Waals surface area contributed by atoms with E-state index < -0.39 is 0 Å². The average molecular weight is 753 g/mol. The maximum atomic E-state index is 5.62. The Morgan fingerprint density at radius 2 is 0.983 bits per heavy atom. The Morgan fingerprint density at radius 3 is 1.75 bits per heavy atom. The van der Waals surface area contributed by atoms with E-state index in [0.29, 0.717) is 0 Å². The van der Waals surface area contributed by atoms with Gasteiger partial charge in [-0.05, 0) is 86.3 Å². The van der Waals surface area contributed by atoms with Gasteiger partial charge in [0.15, 0.2) is 5.82 Å². The number of nitrogens with zero attached hydrogens (tertiary/aromatic N) is 4. The summed E-state index contributed by atoms with van der Waals surface area (Å²) in [7, 11) is 0. The smallest absolute Gasteiger partial charge is 0.165 e. The van der Waals surface area contributed by atoms with Crippen molar-refractivity contribution in [2.24, 2.45) is 0 Å². The van der Waals surface area contributed by atoms with Gasteiger partial charge in [-0.15, -0.1) is 0 Å². The molecule has 0 fully saturated rings. The van der Waals surface area contributed by atoms with E-state index in [2.05, 4.69) is 205 Å². The van der Waals surface area contributed by atoms with Gasteiger partial charge in [-0.1, -0.05) is 153 Å². The third-order valence-corrected chi connectivity index (χ3v) is 13.1. The van der Waals surface area contributed by atoms with Crippen LogP contribution in [0.3, 0.4) is 0 Å². The Bertz CT molecular complexity index is 3770. The highest BCUT2D eigenvalue weighted by molar-refractivity contribution is 6.23. The summed E-state index contributed by atoms with van der Waals surface area (Å²) in [4.78, 5) is 11.2. The zero-order valence-electron chi connectivity index (χ0n) is 32.6. The normalized spacial score (nSPS) is 13.4. The topological polar surface area (TPSA) is 35.6 Å². The molecule has 1 aliphatic carbocycles. The molecule has 0 bridgehead atoms. The fourth-order valence-corrected chi connectivity index (χ4v) is 10.5. The second-order valence-corrected chi connectivity index (χ2v) is 16.5. The molecule has 3 aromatic heterocycles. The van der Waals surface area contributed by atoms with Crippen molar-refractivity contribution in [3.05, 3.63) is 193 Å². The van der Waals surface area contributed by atoms with Crippen LogP contribution in [0.4, 0.5) is 0 Å². The molecule has 12 aromatic rings. The van der Waals surface area contributed by atoms with Gasteiger partial charge in [-0.3, -0.25) is 4.57 Å². The van der Waals surface area contributed by atoms with Gasteiger partial charge in [-0.2, -0.15) is 0 Å².